The molecule has 12 nitrogen and oxygen atoms in total. The Labute approximate surface area is 251 Å². The molecule has 2 aliphatic heterocycles. The standard InChI is InChI=1S/2C15H26N4O2/c2*1-4-5-8-21-15(20)17-14-11-18(2)7-6-13(14)12-9-16-19(3)10-12/h2*9-10,13-14H,4-8,11H2,1-3H3,(H,17,20)/t2*13-,14+/m10/s1. The van der Waals surface area contributed by atoms with Gasteiger partial charge in [0.2, 0.25) is 0 Å². The molecule has 4 atom stereocenters. The first-order valence-corrected chi connectivity index (χ1v) is 15.4. The van der Waals surface area contributed by atoms with Crippen LogP contribution < -0.4 is 10.6 Å². The summed E-state index contributed by atoms with van der Waals surface area (Å²) in [7, 11) is 7.99. The van der Waals surface area contributed by atoms with Crippen molar-refractivity contribution in [2.24, 2.45) is 14.1 Å². The second-order valence-corrected chi connectivity index (χ2v) is 11.7. The molecular weight excluding hydrogens is 536 g/mol. The van der Waals surface area contributed by atoms with Crippen LogP contribution >= 0.6 is 0 Å². The molecule has 0 saturated carbocycles. The molecule has 42 heavy (non-hydrogen) atoms. The first kappa shape index (κ1) is 33.4. The number of ether oxygens (including phenoxy) is 2. The van der Waals surface area contributed by atoms with Gasteiger partial charge in [0, 0.05) is 51.4 Å². The normalized spacial score (nSPS) is 23.0. The van der Waals surface area contributed by atoms with Crippen molar-refractivity contribution in [1.82, 2.24) is 40.0 Å². The van der Waals surface area contributed by atoms with Gasteiger partial charge in [-0.1, -0.05) is 26.7 Å². The van der Waals surface area contributed by atoms with Crippen LogP contribution in [0.1, 0.15) is 75.3 Å². The number of aryl methyl sites for hydroxylation is 2. The average molecular weight is 589 g/mol. The van der Waals surface area contributed by atoms with Crippen molar-refractivity contribution in [1.29, 1.82) is 0 Å². The van der Waals surface area contributed by atoms with Crippen LogP contribution in [0.4, 0.5) is 9.59 Å². The van der Waals surface area contributed by atoms with E-state index in [2.05, 4.69) is 58.6 Å². The van der Waals surface area contributed by atoms with Crippen LogP contribution in [0.2, 0.25) is 0 Å². The van der Waals surface area contributed by atoms with Gasteiger partial charge in [-0.3, -0.25) is 9.36 Å². The molecule has 4 rings (SSSR count). The number of alkyl carbamates (subject to hydrolysis) is 2. The Morgan fingerprint density at radius 3 is 1.50 bits per heavy atom. The van der Waals surface area contributed by atoms with Crippen LogP contribution in [0.15, 0.2) is 24.8 Å². The van der Waals surface area contributed by atoms with E-state index in [4.69, 9.17) is 9.47 Å². The molecule has 12 heteroatoms. The first-order valence-electron chi connectivity index (χ1n) is 15.4. The summed E-state index contributed by atoms with van der Waals surface area (Å²) in [6, 6.07) is 0.143. The van der Waals surface area contributed by atoms with Gasteiger partial charge < -0.3 is 29.9 Å². The molecule has 0 bridgehead atoms. The lowest BCUT2D eigenvalue weighted by Crippen LogP contribution is -2.50. The molecule has 2 N–H and O–H groups in total. The highest BCUT2D eigenvalue weighted by Crippen LogP contribution is 2.28. The van der Waals surface area contributed by atoms with Crippen molar-refractivity contribution >= 4 is 12.2 Å². The summed E-state index contributed by atoms with van der Waals surface area (Å²) in [6.07, 6.45) is 13.1. The molecule has 2 aromatic heterocycles. The zero-order valence-corrected chi connectivity index (χ0v) is 26.4. The molecule has 2 aliphatic rings. The van der Waals surface area contributed by atoms with Gasteiger partial charge in [0.15, 0.2) is 0 Å². The van der Waals surface area contributed by atoms with Crippen LogP contribution in [0.25, 0.3) is 0 Å². The zero-order valence-electron chi connectivity index (χ0n) is 26.4. The third kappa shape index (κ3) is 10.6. The van der Waals surface area contributed by atoms with Gasteiger partial charge in [-0.25, -0.2) is 9.59 Å². The molecule has 0 unspecified atom stereocenters. The third-order valence-electron chi connectivity index (χ3n) is 8.01. The van der Waals surface area contributed by atoms with Crippen molar-refractivity contribution in [2.45, 2.75) is 76.3 Å². The lowest BCUT2D eigenvalue weighted by atomic mass is 9.87. The fraction of sp³-hybridized carbons (Fsp3) is 0.733. The topological polar surface area (TPSA) is 119 Å². The molecule has 236 valence electrons. The van der Waals surface area contributed by atoms with E-state index in [0.717, 1.165) is 64.7 Å². The van der Waals surface area contributed by atoms with Gasteiger partial charge >= 0.3 is 12.2 Å². The quantitative estimate of drug-likeness (QED) is 0.405. The fourth-order valence-corrected chi connectivity index (χ4v) is 5.59. The van der Waals surface area contributed by atoms with E-state index in [0.29, 0.717) is 25.0 Å². The van der Waals surface area contributed by atoms with Gasteiger partial charge in [0.25, 0.3) is 0 Å². The van der Waals surface area contributed by atoms with E-state index in [-0.39, 0.29) is 24.3 Å². The fourth-order valence-electron chi connectivity index (χ4n) is 5.59. The number of nitrogens with one attached hydrogen (secondary N) is 2. The summed E-state index contributed by atoms with van der Waals surface area (Å²) < 4.78 is 14.1. The number of carbonyl (C=O) groups excluding carboxylic acids is 2. The summed E-state index contributed by atoms with van der Waals surface area (Å²) >= 11 is 0. The summed E-state index contributed by atoms with van der Waals surface area (Å²) in [5.41, 5.74) is 2.37. The molecule has 2 aromatic rings. The Hall–Kier alpha value is -3.12. The van der Waals surface area contributed by atoms with E-state index < -0.39 is 0 Å². The lowest BCUT2D eigenvalue weighted by Gasteiger charge is -2.36. The maximum absolute atomic E-state index is 11.9. The number of rotatable bonds is 10. The highest BCUT2D eigenvalue weighted by molar-refractivity contribution is 5.68. The van der Waals surface area contributed by atoms with Crippen LogP contribution in [-0.2, 0) is 23.6 Å². The summed E-state index contributed by atoms with van der Waals surface area (Å²) in [5.74, 6) is 0.599. The number of likely N-dealkylation sites (tertiary alicyclic amines) is 2. The number of likely N-dealkylation sites (N-methyl/N-ethyl adjacent to an activating group) is 2. The van der Waals surface area contributed by atoms with Crippen molar-refractivity contribution in [2.75, 3.05) is 53.5 Å². The molecule has 4 heterocycles. The Morgan fingerprint density at radius 1 is 0.762 bits per heavy atom. The minimum atomic E-state index is -0.308. The van der Waals surface area contributed by atoms with Gasteiger partial charge in [0.1, 0.15) is 0 Å². The highest BCUT2D eigenvalue weighted by atomic mass is 16.6. The van der Waals surface area contributed by atoms with Crippen molar-refractivity contribution in [3.8, 4) is 0 Å². The number of unbranched alkanes of at least 4 members (excludes halogenated alkanes) is 2. The first-order chi connectivity index (χ1) is 20.2. The number of hydrogen-bond donors (Lipinski definition) is 2. The number of carbonyl (C=O) groups is 2. The zero-order chi connectivity index (χ0) is 30.5. The van der Waals surface area contributed by atoms with E-state index >= 15 is 0 Å². The SMILES string of the molecule is CCCCOC(=O)N[C@@H]1CN(C)CC[C@H]1c1cnn(C)c1.CCCCOC(=O)N[C@H]1CN(C)CC[C@@H]1c1cnn(C)c1. The predicted molar refractivity (Wildman–Crippen MR) is 162 cm³/mol. The molecule has 0 spiro atoms. The number of amides is 2. The monoisotopic (exact) mass is 588 g/mol. The molecule has 2 amide bonds. The second-order valence-electron chi connectivity index (χ2n) is 11.7. The molecule has 2 fully saturated rings. The Kier molecular flexibility index (Phi) is 13.6. The van der Waals surface area contributed by atoms with Crippen LogP contribution in [-0.4, -0.2) is 107 Å². The van der Waals surface area contributed by atoms with Crippen LogP contribution in [0.3, 0.4) is 0 Å². The van der Waals surface area contributed by atoms with Gasteiger partial charge in [-0.2, -0.15) is 10.2 Å². The van der Waals surface area contributed by atoms with E-state index in [1.165, 1.54) is 11.1 Å². The van der Waals surface area contributed by atoms with Crippen molar-refractivity contribution in [3.63, 3.8) is 0 Å². The smallest absolute Gasteiger partial charge is 0.407 e. The van der Waals surface area contributed by atoms with Crippen molar-refractivity contribution < 1.29 is 19.1 Å². The minimum Gasteiger partial charge on any atom is -0.450 e. The van der Waals surface area contributed by atoms with Gasteiger partial charge in [0.05, 0.1) is 37.7 Å². The van der Waals surface area contributed by atoms with Crippen molar-refractivity contribution in [3.05, 3.63) is 35.9 Å². The largest absolute Gasteiger partial charge is 0.450 e. The highest BCUT2D eigenvalue weighted by Gasteiger charge is 2.32. The molecular formula is C30H52N8O4. The number of nitrogens with zero attached hydrogens (tertiary/aromatic N) is 6. The molecule has 0 aromatic carbocycles. The Balaban J connectivity index is 0.000000230. The number of hydrogen-bond acceptors (Lipinski definition) is 8. The summed E-state index contributed by atoms with van der Waals surface area (Å²) in [5, 5.41) is 14.5. The lowest BCUT2D eigenvalue weighted by molar-refractivity contribution is 0.127. The third-order valence-corrected chi connectivity index (χ3v) is 8.01. The molecule has 0 radical (unpaired) electrons. The minimum absolute atomic E-state index is 0.0714. The predicted octanol–water partition coefficient (Wildman–Crippen LogP) is 3.47. The molecule has 2 saturated heterocycles. The van der Waals surface area contributed by atoms with Gasteiger partial charge in [-0.15, -0.1) is 0 Å². The van der Waals surface area contributed by atoms with E-state index in [9.17, 15) is 9.59 Å². The maximum Gasteiger partial charge on any atom is 0.407 e. The Morgan fingerprint density at radius 2 is 1.17 bits per heavy atom. The van der Waals surface area contributed by atoms with Crippen LogP contribution in [0, 0.1) is 0 Å². The second kappa shape index (κ2) is 17.1. The van der Waals surface area contributed by atoms with E-state index in [1.807, 2.05) is 48.2 Å². The Bertz CT molecular complexity index is 1000. The number of piperidine rings is 2. The number of aromatic nitrogens is 4. The molecule has 0 aliphatic carbocycles. The van der Waals surface area contributed by atoms with Gasteiger partial charge in [-0.05, 0) is 64.0 Å². The average Bonchev–Trinajstić information content (AvgIpc) is 3.57. The van der Waals surface area contributed by atoms with E-state index in [1.54, 1.807) is 0 Å². The maximum atomic E-state index is 11.9. The summed E-state index contributed by atoms with van der Waals surface area (Å²) in [6.45, 7) is 8.87. The summed E-state index contributed by atoms with van der Waals surface area (Å²) in [4.78, 5) is 28.3. The van der Waals surface area contributed by atoms with Crippen LogP contribution in [0.5, 0.6) is 0 Å².